The number of esters is 2. The van der Waals surface area contributed by atoms with Gasteiger partial charge in [-0.25, -0.2) is 0 Å². The second-order valence-corrected chi connectivity index (χ2v) is 9.82. The highest BCUT2D eigenvalue weighted by Crippen LogP contribution is 2.50. The van der Waals surface area contributed by atoms with Crippen LogP contribution < -0.4 is 0 Å². The molecule has 3 fully saturated rings. The number of fused-ring (bicyclic) bond motifs is 3. The first kappa shape index (κ1) is 25.2. The third kappa shape index (κ3) is 6.99. The van der Waals surface area contributed by atoms with Crippen molar-refractivity contribution in [3.8, 4) is 0 Å². The van der Waals surface area contributed by atoms with Crippen LogP contribution in [0.25, 0.3) is 0 Å². The highest BCUT2D eigenvalue weighted by molar-refractivity contribution is 5.83. The van der Waals surface area contributed by atoms with Crippen LogP contribution in [0.15, 0.2) is 0 Å². The van der Waals surface area contributed by atoms with Crippen molar-refractivity contribution in [3.05, 3.63) is 0 Å². The minimum absolute atomic E-state index is 0.140. The highest BCUT2D eigenvalue weighted by atomic mass is 16.5. The van der Waals surface area contributed by atoms with Gasteiger partial charge in [0.15, 0.2) is 0 Å². The minimum Gasteiger partial charge on any atom is -0.465 e. The van der Waals surface area contributed by atoms with E-state index in [2.05, 4.69) is 27.7 Å². The maximum absolute atomic E-state index is 13.1. The van der Waals surface area contributed by atoms with Crippen molar-refractivity contribution >= 4 is 11.9 Å². The monoisotopic (exact) mass is 422 g/mol. The number of carbonyl (C=O) groups excluding carboxylic acids is 2. The Morgan fingerprint density at radius 2 is 1.07 bits per heavy atom. The molecule has 4 heteroatoms. The van der Waals surface area contributed by atoms with Crippen molar-refractivity contribution in [2.24, 2.45) is 35.5 Å². The molecule has 0 heterocycles. The fourth-order valence-corrected chi connectivity index (χ4v) is 5.52. The van der Waals surface area contributed by atoms with E-state index in [1.54, 1.807) is 0 Å². The van der Waals surface area contributed by atoms with Crippen LogP contribution in [-0.4, -0.2) is 25.2 Å². The molecule has 0 aromatic carbocycles. The Morgan fingerprint density at radius 3 is 1.37 bits per heavy atom. The molecule has 0 saturated heterocycles. The van der Waals surface area contributed by atoms with Gasteiger partial charge < -0.3 is 9.47 Å². The Bertz CT molecular complexity index is 463. The van der Waals surface area contributed by atoms with Crippen LogP contribution in [-0.2, 0) is 19.1 Å². The Balaban J connectivity index is 1.96. The molecule has 3 aliphatic carbocycles. The SMILES string of the molecule is CCCCC(CC)COC(=O)C1C2CCC(CC2)C1C(=O)OCC(CC)CCCC. The molecule has 0 aromatic rings. The Morgan fingerprint density at radius 1 is 0.700 bits per heavy atom. The maximum Gasteiger partial charge on any atom is 0.310 e. The summed E-state index contributed by atoms with van der Waals surface area (Å²) in [5.74, 6) is 0.594. The lowest BCUT2D eigenvalue weighted by atomic mass is 9.58. The molecule has 0 aromatic heterocycles. The maximum atomic E-state index is 13.1. The average molecular weight is 423 g/mol. The summed E-state index contributed by atoms with van der Waals surface area (Å²) < 4.78 is 11.6. The van der Waals surface area contributed by atoms with E-state index in [1.165, 1.54) is 25.7 Å². The van der Waals surface area contributed by atoms with Crippen molar-refractivity contribution in [1.29, 1.82) is 0 Å². The summed E-state index contributed by atoms with van der Waals surface area (Å²) in [4.78, 5) is 26.2. The van der Waals surface area contributed by atoms with Gasteiger partial charge in [0.05, 0.1) is 25.0 Å². The summed E-state index contributed by atoms with van der Waals surface area (Å²) in [7, 11) is 0. The van der Waals surface area contributed by atoms with Gasteiger partial charge in [-0.3, -0.25) is 9.59 Å². The number of hydrogen-bond donors (Lipinski definition) is 0. The van der Waals surface area contributed by atoms with E-state index >= 15 is 0 Å². The quantitative estimate of drug-likeness (QED) is 0.298. The number of carbonyl (C=O) groups is 2. The van der Waals surface area contributed by atoms with Crippen LogP contribution in [0.4, 0.5) is 0 Å². The van der Waals surface area contributed by atoms with Gasteiger partial charge in [0.25, 0.3) is 0 Å². The van der Waals surface area contributed by atoms with E-state index in [0.717, 1.165) is 51.4 Å². The van der Waals surface area contributed by atoms with Crippen LogP contribution in [0.5, 0.6) is 0 Å². The Kier molecular flexibility index (Phi) is 11.2. The molecule has 4 nitrogen and oxygen atoms in total. The molecule has 30 heavy (non-hydrogen) atoms. The molecule has 174 valence electrons. The second-order valence-electron chi connectivity index (χ2n) is 9.82. The lowest BCUT2D eigenvalue weighted by Crippen LogP contribution is -2.49. The lowest BCUT2D eigenvalue weighted by Gasteiger charge is -2.46. The minimum atomic E-state index is -0.288. The average Bonchev–Trinajstić information content (AvgIpc) is 2.79. The van der Waals surface area contributed by atoms with Gasteiger partial charge in [-0.15, -0.1) is 0 Å². The van der Waals surface area contributed by atoms with Crippen LogP contribution in [0.2, 0.25) is 0 Å². The number of unbranched alkanes of at least 4 members (excludes halogenated alkanes) is 2. The zero-order chi connectivity index (χ0) is 21.9. The van der Waals surface area contributed by atoms with Gasteiger partial charge in [-0.2, -0.15) is 0 Å². The number of rotatable bonds is 14. The molecule has 3 aliphatic rings. The van der Waals surface area contributed by atoms with Gasteiger partial charge >= 0.3 is 11.9 Å². The molecule has 0 radical (unpaired) electrons. The van der Waals surface area contributed by atoms with E-state index in [-0.39, 0.29) is 35.6 Å². The molecule has 3 rings (SSSR count). The van der Waals surface area contributed by atoms with Crippen molar-refractivity contribution < 1.29 is 19.1 Å². The van der Waals surface area contributed by atoms with Crippen LogP contribution in [0, 0.1) is 35.5 Å². The molecule has 0 amide bonds. The first-order valence-corrected chi connectivity index (χ1v) is 12.9. The first-order chi connectivity index (χ1) is 14.5. The largest absolute Gasteiger partial charge is 0.465 e. The van der Waals surface area contributed by atoms with Gasteiger partial charge in [-0.1, -0.05) is 66.2 Å². The smallest absolute Gasteiger partial charge is 0.310 e. The molecule has 3 saturated carbocycles. The van der Waals surface area contributed by atoms with E-state index < -0.39 is 0 Å². The standard InChI is InChI=1S/C26H46O4/c1-5-9-11-19(7-3)17-29-25(27)23-21-13-15-22(16-14-21)24(23)26(28)30-18-20(8-4)12-10-6-2/h19-24H,5-18H2,1-4H3. The fraction of sp³-hybridized carbons (Fsp3) is 0.923. The first-order valence-electron chi connectivity index (χ1n) is 12.9. The third-order valence-corrected chi connectivity index (χ3v) is 7.77. The molecule has 2 bridgehead atoms. The van der Waals surface area contributed by atoms with Crippen molar-refractivity contribution in [2.45, 2.75) is 105 Å². The molecule has 0 aliphatic heterocycles. The molecular formula is C26H46O4. The highest BCUT2D eigenvalue weighted by Gasteiger charge is 2.51. The molecular weight excluding hydrogens is 376 g/mol. The van der Waals surface area contributed by atoms with Crippen molar-refractivity contribution in [3.63, 3.8) is 0 Å². The van der Waals surface area contributed by atoms with Gasteiger partial charge in [0, 0.05) is 0 Å². The topological polar surface area (TPSA) is 52.6 Å². The zero-order valence-corrected chi connectivity index (χ0v) is 20.0. The van der Waals surface area contributed by atoms with Gasteiger partial charge in [-0.05, 0) is 62.2 Å². The predicted molar refractivity (Wildman–Crippen MR) is 121 cm³/mol. The summed E-state index contributed by atoms with van der Waals surface area (Å²) in [5, 5.41) is 0. The lowest BCUT2D eigenvalue weighted by molar-refractivity contribution is -0.174. The van der Waals surface area contributed by atoms with Crippen molar-refractivity contribution in [2.75, 3.05) is 13.2 Å². The summed E-state index contributed by atoms with van der Waals surface area (Å²) >= 11 is 0. The second kappa shape index (κ2) is 13.4. The van der Waals surface area contributed by atoms with E-state index in [4.69, 9.17) is 9.47 Å². The van der Waals surface area contributed by atoms with Crippen LogP contribution >= 0.6 is 0 Å². The van der Waals surface area contributed by atoms with E-state index in [9.17, 15) is 9.59 Å². The predicted octanol–water partition coefficient (Wildman–Crippen LogP) is 6.56. The molecule has 0 N–H and O–H groups in total. The molecule has 0 spiro atoms. The van der Waals surface area contributed by atoms with Crippen molar-refractivity contribution in [1.82, 2.24) is 0 Å². The van der Waals surface area contributed by atoms with Gasteiger partial charge in [0.1, 0.15) is 0 Å². The Hall–Kier alpha value is -1.06. The summed E-state index contributed by atoms with van der Waals surface area (Å²) in [6, 6.07) is 0. The van der Waals surface area contributed by atoms with Crippen LogP contribution in [0.3, 0.4) is 0 Å². The van der Waals surface area contributed by atoms with E-state index in [0.29, 0.717) is 25.0 Å². The zero-order valence-electron chi connectivity index (χ0n) is 20.0. The summed E-state index contributed by atoms with van der Waals surface area (Å²) in [6.45, 7) is 9.72. The summed E-state index contributed by atoms with van der Waals surface area (Å²) in [5.41, 5.74) is 0. The molecule has 4 atom stereocenters. The Labute approximate surface area is 184 Å². The van der Waals surface area contributed by atoms with E-state index in [1.807, 2.05) is 0 Å². The number of ether oxygens (including phenoxy) is 2. The third-order valence-electron chi connectivity index (χ3n) is 7.77. The normalized spacial score (nSPS) is 27.5. The fourth-order valence-electron chi connectivity index (χ4n) is 5.52. The number of hydrogen-bond acceptors (Lipinski definition) is 4. The summed E-state index contributed by atoms with van der Waals surface area (Å²) in [6.07, 6.45) is 13.2. The molecule has 4 unspecified atom stereocenters. The van der Waals surface area contributed by atoms with Crippen LogP contribution in [0.1, 0.15) is 105 Å². The van der Waals surface area contributed by atoms with Gasteiger partial charge in [0.2, 0.25) is 0 Å².